The molecule has 1 fully saturated rings. The van der Waals surface area contributed by atoms with Crippen LogP contribution in [0.3, 0.4) is 0 Å². The molecule has 0 aromatic heterocycles. The minimum Gasteiger partial charge on any atom is -0.296 e. The zero-order valence-electron chi connectivity index (χ0n) is 13.3. The molecule has 0 bridgehead atoms. The summed E-state index contributed by atoms with van der Waals surface area (Å²) in [5.74, 6) is -0.0460. The first kappa shape index (κ1) is 17.4. The van der Waals surface area contributed by atoms with Gasteiger partial charge in [0, 0.05) is 20.1 Å². The van der Waals surface area contributed by atoms with E-state index in [1.165, 1.54) is 16.4 Å². The van der Waals surface area contributed by atoms with Crippen LogP contribution in [0.25, 0.3) is 0 Å². The maximum absolute atomic E-state index is 13.1. The van der Waals surface area contributed by atoms with Gasteiger partial charge < -0.3 is 0 Å². The minimum atomic E-state index is -3.13. The summed E-state index contributed by atoms with van der Waals surface area (Å²) in [5, 5.41) is 0. The van der Waals surface area contributed by atoms with Gasteiger partial charge in [0.05, 0.1) is 5.75 Å². The Kier molecular flexibility index (Phi) is 5.94. The van der Waals surface area contributed by atoms with Crippen molar-refractivity contribution in [3.63, 3.8) is 0 Å². The Morgan fingerprint density at radius 2 is 1.91 bits per heavy atom. The van der Waals surface area contributed by atoms with Crippen LogP contribution < -0.4 is 0 Å². The number of rotatable bonds is 6. The molecule has 1 aromatic carbocycles. The Balaban J connectivity index is 1.97. The summed E-state index contributed by atoms with van der Waals surface area (Å²) in [5.41, 5.74) is 1.12. The fraction of sp³-hybridized carbons (Fsp3) is 0.625. The molecule has 1 saturated heterocycles. The van der Waals surface area contributed by atoms with E-state index in [0.29, 0.717) is 6.42 Å². The molecule has 1 aromatic rings. The van der Waals surface area contributed by atoms with E-state index < -0.39 is 10.0 Å². The maximum Gasteiger partial charge on any atom is 0.213 e. The van der Waals surface area contributed by atoms with E-state index in [2.05, 4.69) is 4.90 Å². The maximum atomic E-state index is 13.1. The topological polar surface area (TPSA) is 40.6 Å². The minimum absolute atomic E-state index is 0.173. The highest BCUT2D eigenvalue weighted by Crippen LogP contribution is 2.31. The molecule has 1 aliphatic rings. The molecule has 0 amide bonds. The smallest absolute Gasteiger partial charge is 0.213 e. The van der Waals surface area contributed by atoms with Gasteiger partial charge in [-0.15, -0.1) is 0 Å². The van der Waals surface area contributed by atoms with Gasteiger partial charge in [0.1, 0.15) is 5.82 Å². The Labute approximate surface area is 133 Å². The van der Waals surface area contributed by atoms with Crippen LogP contribution in [0, 0.1) is 5.82 Å². The van der Waals surface area contributed by atoms with Crippen LogP contribution in [-0.4, -0.2) is 50.6 Å². The molecule has 124 valence electrons. The number of hydrogen-bond donors (Lipinski definition) is 0. The molecule has 2 rings (SSSR count). The van der Waals surface area contributed by atoms with Crippen LogP contribution in [0.5, 0.6) is 0 Å². The predicted molar refractivity (Wildman–Crippen MR) is 86.7 cm³/mol. The molecule has 4 nitrogen and oxygen atoms in total. The standard InChI is InChI=1S/C16H25FN2O2S/c1-18(2)22(20,21)13-5-12-19-11-4-3-6-16(19)14-7-9-15(17)10-8-14/h7-10,16H,3-6,11-13H2,1-2H3/t16-/m0/s1. The van der Waals surface area contributed by atoms with Crippen molar-refractivity contribution in [2.45, 2.75) is 31.7 Å². The molecule has 0 saturated carbocycles. The molecule has 0 N–H and O–H groups in total. The third-order valence-electron chi connectivity index (χ3n) is 4.27. The fourth-order valence-electron chi connectivity index (χ4n) is 2.95. The van der Waals surface area contributed by atoms with Crippen LogP contribution in [0.15, 0.2) is 24.3 Å². The number of hydrogen-bond acceptors (Lipinski definition) is 3. The Morgan fingerprint density at radius 3 is 2.55 bits per heavy atom. The van der Waals surface area contributed by atoms with Gasteiger partial charge in [0.25, 0.3) is 0 Å². The van der Waals surface area contributed by atoms with Crippen molar-refractivity contribution >= 4 is 10.0 Å². The van der Waals surface area contributed by atoms with E-state index >= 15 is 0 Å². The molecule has 0 spiro atoms. The van der Waals surface area contributed by atoms with Gasteiger partial charge in [-0.05, 0) is 50.0 Å². The lowest BCUT2D eigenvalue weighted by molar-refractivity contribution is 0.149. The van der Waals surface area contributed by atoms with Gasteiger partial charge >= 0.3 is 0 Å². The van der Waals surface area contributed by atoms with E-state index in [1.807, 2.05) is 12.1 Å². The van der Waals surface area contributed by atoms with Gasteiger partial charge in [-0.3, -0.25) is 4.90 Å². The highest BCUT2D eigenvalue weighted by Gasteiger charge is 2.24. The van der Waals surface area contributed by atoms with E-state index in [9.17, 15) is 12.8 Å². The summed E-state index contributed by atoms with van der Waals surface area (Å²) in [6.07, 6.45) is 3.97. The zero-order chi connectivity index (χ0) is 16.2. The van der Waals surface area contributed by atoms with Crippen molar-refractivity contribution in [1.29, 1.82) is 0 Å². The molecule has 1 aliphatic heterocycles. The summed E-state index contributed by atoms with van der Waals surface area (Å²) in [4.78, 5) is 2.34. The highest BCUT2D eigenvalue weighted by molar-refractivity contribution is 7.89. The van der Waals surface area contributed by atoms with Crippen LogP contribution >= 0.6 is 0 Å². The lowest BCUT2D eigenvalue weighted by Gasteiger charge is -2.36. The van der Waals surface area contributed by atoms with Gasteiger partial charge in [0.2, 0.25) is 10.0 Å². The zero-order valence-corrected chi connectivity index (χ0v) is 14.2. The molecule has 0 unspecified atom stereocenters. The Hall–Kier alpha value is -0.980. The largest absolute Gasteiger partial charge is 0.296 e. The van der Waals surface area contributed by atoms with Crippen LogP contribution in [0.1, 0.15) is 37.3 Å². The lowest BCUT2D eigenvalue weighted by Crippen LogP contribution is -2.35. The Bertz CT molecular complexity index is 572. The van der Waals surface area contributed by atoms with Gasteiger partial charge in [-0.2, -0.15) is 0 Å². The van der Waals surface area contributed by atoms with Gasteiger partial charge in [0.15, 0.2) is 0 Å². The quantitative estimate of drug-likeness (QED) is 0.806. The third-order valence-corrected chi connectivity index (χ3v) is 6.19. The van der Waals surface area contributed by atoms with Crippen molar-refractivity contribution in [2.75, 3.05) is 32.9 Å². The van der Waals surface area contributed by atoms with E-state index in [0.717, 1.165) is 37.9 Å². The number of nitrogens with zero attached hydrogens (tertiary/aromatic N) is 2. The van der Waals surface area contributed by atoms with Crippen molar-refractivity contribution < 1.29 is 12.8 Å². The average Bonchev–Trinajstić information content (AvgIpc) is 2.48. The number of benzene rings is 1. The average molecular weight is 328 g/mol. The molecule has 0 aliphatic carbocycles. The number of piperidine rings is 1. The van der Waals surface area contributed by atoms with E-state index in [1.54, 1.807) is 14.1 Å². The van der Waals surface area contributed by atoms with Crippen molar-refractivity contribution in [3.05, 3.63) is 35.6 Å². The molecular weight excluding hydrogens is 303 g/mol. The second kappa shape index (κ2) is 7.53. The summed E-state index contributed by atoms with van der Waals surface area (Å²) in [6.45, 7) is 1.74. The molecular formula is C16H25FN2O2S. The lowest BCUT2D eigenvalue weighted by atomic mass is 9.95. The second-order valence-electron chi connectivity index (χ2n) is 6.05. The summed E-state index contributed by atoms with van der Waals surface area (Å²) in [7, 11) is 0.00436. The normalized spacial score (nSPS) is 20.5. The molecule has 1 heterocycles. The highest BCUT2D eigenvalue weighted by atomic mass is 32.2. The van der Waals surface area contributed by atoms with E-state index in [-0.39, 0.29) is 17.6 Å². The van der Waals surface area contributed by atoms with Crippen molar-refractivity contribution in [1.82, 2.24) is 9.21 Å². The fourth-order valence-corrected chi connectivity index (χ4v) is 3.81. The van der Waals surface area contributed by atoms with E-state index in [4.69, 9.17) is 0 Å². The second-order valence-corrected chi connectivity index (χ2v) is 8.35. The van der Waals surface area contributed by atoms with Crippen molar-refractivity contribution in [2.24, 2.45) is 0 Å². The monoisotopic (exact) mass is 328 g/mol. The third kappa shape index (κ3) is 4.51. The summed E-state index contributed by atoms with van der Waals surface area (Å²) in [6, 6.07) is 6.96. The van der Waals surface area contributed by atoms with Gasteiger partial charge in [-0.25, -0.2) is 17.1 Å². The SMILES string of the molecule is CN(C)S(=O)(=O)CCCN1CCCC[C@H]1c1ccc(F)cc1. The Morgan fingerprint density at radius 1 is 1.23 bits per heavy atom. The van der Waals surface area contributed by atoms with Crippen LogP contribution in [0.4, 0.5) is 4.39 Å². The number of sulfonamides is 1. The number of likely N-dealkylation sites (tertiary alicyclic amines) is 1. The predicted octanol–water partition coefficient (Wildman–Crippen LogP) is 2.63. The summed E-state index contributed by atoms with van der Waals surface area (Å²) < 4.78 is 38.0. The molecule has 0 radical (unpaired) electrons. The molecule has 1 atom stereocenters. The number of halogens is 1. The molecule has 6 heteroatoms. The first-order valence-electron chi connectivity index (χ1n) is 7.80. The first-order chi connectivity index (χ1) is 10.4. The first-order valence-corrected chi connectivity index (χ1v) is 9.41. The van der Waals surface area contributed by atoms with Crippen molar-refractivity contribution in [3.8, 4) is 0 Å². The molecule has 22 heavy (non-hydrogen) atoms. The van der Waals surface area contributed by atoms with Crippen LogP contribution in [-0.2, 0) is 10.0 Å². The van der Waals surface area contributed by atoms with Gasteiger partial charge in [-0.1, -0.05) is 18.6 Å². The van der Waals surface area contributed by atoms with Crippen LogP contribution in [0.2, 0.25) is 0 Å². The summed E-state index contributed by atoms with van der Waals surface area (Å²) >= 11 is 0.